The number of carboxylic acids is 1. The Morgan fingerprint density at radius 3 is 2.68 bits per heavy atom. The normalized spacial score (nSPS) is 10.9. The molecular weight excluding hydrogens is 254 g/mol. The number of nitrogens with zero attached hydrogens (tertiary/aromatic N) is 2. The minimum absolute atomic E-state index is 0.107. The summed E-state index contributed by atoms with van der Waals surface area (Å²) in [7, 11) is 1.58. The molecule has 0 saturated heterocycles. The second-order valence-electron chi connectivity index (χ2n) is 4.10. The van der Waals surface area contributed by atoms with Gasteiger partial charge in [0.15, 0.2) is 5.69 Å². The Kier molecular flexibility index (Phi) is 3.59. The first kappa shape index (κ1) is 13.2. The van der Waals surface area contributed by atoms with Crippen LogP contribution < -0.4 is 0 Å². The summed E-state index contributed by atoms with van der Waals surface area (Å²) in [6, 6.07) is 8.06. The van der Waals surface area contributed by atoms with Gasteiger partial charge in [-0.25, -0.2) is 13.6 Å². The zero-order valence-corrected chi connectivity index (χ0v) is 10.2. The second kappa shape index (κ2) is 5.17. The van der Waals surface area contributed by atoms with E-state index in [1.54, 1.807) is 31.3 Å². The number of aryl methyl sites for hydroxylation is 1. The van der Waals surface area contributed by atoms with Crippen molar-refractivity contribution in [2.75, 3.05) is 0 Å². The van der Waals surface area contributed by atoms with E-state index in [0.29, 0.717) is 16.8 Å². The number of aromatic nitrogens is 2. The highest BCUT2D eigenvalue weighted by Gasteiger charge is 2.16. The zero-order valence-electron chi connectivity index (χ0n) is 10.2. The van der Waals surface area contributed by atoms with E-state index in [4.69, 9.17) is 5.11 Å². The van der Waals surface area contributed by atoms with Gasteiger partial charge in [0, 0.05) is 19.0 Å². The van der Waals surface area contributed by atoms with Crippen LogP contribution in [-0.2, 0) is 13.5 Å². The van der Waals surface area contributed by atoms with Crippen molar-refractivity contribution in [3.63, 3.8) is 0 Å². The molecule has 0 aliphatic heterocycles. The van der Waals surface area contributed by atoms with Crippen LogP contribution in [0.1, 0.15) is 16.1 Å². The molecule has 6 heteroatoms. The Labute approximate surface area is 108 Å². The van der Waals surface area contributed by atoms with Gasteiger partial charge >= 0.3 is 5.97 Å². The number of halogens is 2. The molecular formula is C13H12F2N2O2. The van der Waals surface area contributed by atoms with Crippen LogP contribution in [0.5, 0.6) is 0 Å². The van der Waals surface area contributed by atoms with Crippen molar-refractivity contribution in [1.29, 1.82) is 0 Å². The highest BCUT2D eigenvalue weighted by molar-refractivity contribution is 5.87. The van der Waals surface area contributed by atoms with Crippen molar-refractivity contribution in [2.24, 2.45) is 7.05 Å². The average Bonchev–Trinajstić information content (AvgIpc) is 2.71. The second-order valence-corrected chi connectivity index (χ2v) is 4.10. The molecule has 2 aromatic rings. The Balaban J connectivity index is 2.49. The minimum atomic E-state index is -2.45. The van der Waals surface area contributed by atoms with Crippen LogP contribution in [0.2, 0.25) is 0 Å². The first-order valence-corrected chi connectivity index (χ1v) is 5.63. The fourth-order valence-corrected chi connectivity index (χ4v) is 1.94. The Morgan fingerprint density at radius 1 is 1.42 bits per heavy atom. The summed E-state index contributed by atoms with van der Waals surface area (Å²) in [5.74, 6) is -1.15. The van der Waals surface area contributed by atoms with E-state index < -0.39 is 12.4 Å². The number of alkyl halides is 2. The van der Waals surface area contributed by atoms with Crippen molar-refractivity contribution in [2.45, 2.75) is 12.8 Å². The number of carboxylic acid groups (broad SMARTS) is 1. The maximum atomic E-state index is 12.5. The van der Waals surface area contributed by atoms with Gasteiger partial charge in [-0.3, -0.25) is 4.68 Å². The van der Waals surface area contributed by atoms with Crippen LogP contribution in [0.3, 0.4) is 0 Å². The molecule has 0 atom stereocenters. The van der Waals surface area contributed by atoms with Gasteiger partial charge in [0.25, 0.3) is 0 Å². The molecule has 100 valence electrons. The first-order valence-electron chi connectivity index (χ1n) is 5.63. The summed E-state index contributed by atoms with van der Waals surface area (Å²) in [5.41, 5.74) is 1.45. The third kappa shape index (κ3) is 2.78. The van der Waals surface area contributed by atoms with Crippen LogP contribution in [-0.4, -0.2) is 27.3 Å². The third-order valence-corrected chi connectivity index (χ3v) is 2.77. The summed E-state index contributed by atoms with van der Waals surface area (Å²) in [6.45, 7) is 0. The smallest absolute Gasteiger partial charge is 0.356 e. The van der Waals surface area contributed by atoms with Gasteiger partial charge in [0.1, 0.15) is 0 Å². The lowest BCUT2D eigenvalue weighted by Gasteiger charge is -2.09. The molecule has 0 saturated carbocycles. The van der Waals surface area contributed by atoms with Crippen LogP contribution in [0.15, 0.2) is 30.3 Å². The Morgan fingerprint density at radius 2 is 2.11 bits per heavy atom. The maximum Gasteiger partial charge on any atom is 0.356 e. The monoisotopic (exact) mass is 266 g/mol. The summed E-state index contributed by atoms with van der Waals surface area (Å²) < 4.78 is 26.5. The molecule has 0 aliphatic carbocycles. The molecule has 0 aliphatic rings. The zero-order chi connectivity index (χ0) is 14.0. The predicted octanol–water partition coefficient (Wildman–Crippen LogP) is 2.59. The number of hydrogen-bond acceptors (Lipinski definition) is 2. The fraction of sp³-hybridized carbons (Fsp3) is 0.231. The number of benzene rings is 1. The molecule has 2 rings (SSSR count). The molecule has 1 aromatic carbocycles. The van der Waals surface area contributed by atoms with E-state index in [1.807, 2.05) is 0 Å². The summed E-state index contributed by atoms with van der Waals surface area (Å²) in [5, 5.41) is 12.7. The van der Waals surface area contributed by atoms with E-state index in [-0.39, 0.29) is 12.1 Å². The van der Waals surface area contributed by atoms with Crippen LogP contribution in [0, 0.1) is 0 Å². The molecule has 0 spiro atoms. The summed E-state index contributed by atoms with van der Waals surface area (Å²) >= 11 is 0. The van der Waals surface area contributed by atoms with Gasteiger partial charge in [-0.1, -0.05) is 24.3 Å². The lowest BCUT2D eigenvalue weighted by molar-refractivity contribution is 0.0689. The Hall–Kier alpha value is -2.24. The average molecular weight is 266 g/mol. The highest BCUT2D eigenvalue weighted by Crippen LogP contribution is 2.25. The molecule has 0 fully saturated rings. The quantitative estimate of drug-likeness (QED) is 0.925. The topological polar surface area (TPSA) is 55.1 Å². The van der Waals surface area contributed by atoms with E-state index in [0.717, 1.165) is 0 Å². The molecule has 0 amide bonds. The lowest BCUT2D eigenvalue weighted by Crippen LogP contribution is -2.02. The molecule has 0 unspecified atom stereocenters. The van der Waals surface area contributed by atoms with Crippen LogP contribution in [0.25, 0.3) is 11.3 Å². The van der Waals surface area contributed by atoms with E-state index in [2.05, 4.69) is 5.10 Å². The Bertz CT molecular complexity index is 608. The summed E-state index contributed by atoms with van der Waals surface area (Å²) in [4.78, 5) is 10.9. The molecule has 1 N–H and O–H groups in total. The van der Waals surface area contributed by atoms with Crippen LogP contribution >= 0.6 is 0 Å². The maximum absolute atomic E-state index is 12.5. The van der Waals surface area contributed by atoms with Gasteiger partial charge < -0.3 is 5.11 Å². The van der Waals surface area contributed by atoms with Crippen LogP contribution in [0.4, 0.5) is 8.78 Å². The molecule has 0 radical (unpaired) electrons. The molecule has 19 heavy (non-hydrogen) atoms. The largest absolute Gasteiger partial charge is 0.476 e. The number of carbonyl (C=O) groups is 1. The van der Waals surface area contributed by atoms with Gasteiger partial charge in [0.2, 0.25) is 6.43 Å². The van der Waals surface area contributed by atoms with Gasteiger partial charge in [-0.15, -0.1) is 0 Å². The number of aromatic carboxylic acids is 1. The first-order chi connectivity index (χ1) is 8.99. The van der Waals surface area contributed by atoms with Crippen molar-refractivity contribution >= 4 is 5.97 Å². The van der Waals surface area contributed by atoms with E-state index in [1.165, 1.54) is 10.7 Å². The third-order valence-electron chi connectivity index (χ3n) is 2.77. The van der Waals surface area contributed by atoms with E-state index >= 15 is 0 Å². The van der Waals surface area contributed by atoms with E-state index in [9.17, 15) is 13.6 Å². The molecule has 0 bridgehead atoms. The van der Waals surface area contributed by atoms with Crippen molar-refractivity contribution in [3.8, 4) is 11.3 Å². The number of rotatable bonds is 4. The minimum Gasteiger partial charge on any atom is -0.476 e. The molecule has 1 heterocycles. The van der Waals surface area contributed by atoms with Gasteiger partial charge in [-0.2, -0.15) is 5.10 Å². The molecule has 4 nitrogen and oxygen atoms in total. The predicted molar refractivity (Wildman–Crippen MR) is 65.3 cm³/mol. The summed E-state index contributed by atoms with van der Waals surface area (Å²) in [6.07, 6.45) is -2.82. The number of hydrogen-bond donors (Lipinski definition) is 1. The molecule has 1 aromatic heterocycles. The van der Waals surface area contributed by atoms with Crippen molar-refractivity contribution in [1.82, 2.24) is 9.78 Å². The fourth-order valence-electron chi connectivity index (χ4n) is 1.94. The SMILES string of the molecule is Cn1nc(C(=O)O)cc1-c1ccccc1CC(F)F. The standard InChI is InChI=1S/C13H12F2N2O2/c1-17-11(7-10(16-17)13(18)19)9-5-3-2-4-8(9)6-12(14)15/h2-5,7,12H,6H2,1H3,(H,18,19). The lowest BCUT2D eigenvalue weighted by atomic mass is 10.0. The highest BCUT2D eigenvalue weighted by atomic mass is 19.3. The van der Waals surface area contributed by atoms with Crippen molar-refractivity contribution < 1.29 is 18.7 Å². The van der Waals surface area contributed by atoms with Gasteiger partial charge in [-0.05, 0) is 11.6 Å². The van der Waals surface area contributed by atoms with Crippen molar-refractivity contribution in [3.05, 3.63) is 41.6 Å². The van der Waals surface area contributed by atoms with Gasteiger partial charge in [0.05, 0.1) is 5.69 Å².